The molecule has 1 aliphatic heterocycles. The molecule has 1 saturated carbocycles. The molecular weight excluding hydrogens is 328 g/mol. The molecule has 4 atom stereocenters. The molecule has 0 radical (unpaired) electrons. The first kappa shape index (κ1) is 15.0. The number of halogens is 1. The molecule has 1 aliphatic carbocycles. The van der Waals surface area contributed by atoms with Crippen LogP contribution in [0.5, 0.6) is 0 Å². The molecule has 1 aromatic carbocycles. The van der Waals surface area contributed by atoms with Gasteiger partial charge in [0.2, 0.25) is 5.91 Å². The number of hydrogen-bond donors (Lipinski definition) is 2. The Kier molecular flexibility index (Phi) is 4.65. The number of hydrogen-bond acceptors (Lipinski definition) is 2. The number of rotatable bonds is 4. The zero-order valence-corrected chi connectivity index (χ0v) is 14.0. The van der Waals surface area contributed by atoms with Crippen molar-refractivity contribution >= 4 is 21.8 Å². The first-order valence-electron chi connectivity index (χ1n) is 7.98. The minimum atomic E-state index is 0.0157. The van der Waals surface area contributed by atoms with E-state index in [9.17, 15) is 4.79 Å². The minimum absolute atomic E-state index is 0.0157. The molecule has 21 heavy (non-hydrogen) atoms. The predicted molar refractivity (Wildman–Crippen MR) is 87.9 cm³/mol. The van der Waals surface area contributed by atoms with Gasteiger partial charge in [-0.15, -0.1) is 0 Å². The largest absolute Gasteiger partial charge is 0.348 e. The lowest BCUT2D eigenvalue weighted by molar-refractivity contribution is -0.124. The van der Waals surface area contributed by atoms with E-state index in [0.29, 0.717) is 11.8 Å². The maximum Gasteiger partial charge on any atom is 0.237 e. The van der Waals surface area contributed by atoms with E-state index in [1.165, 1.54) is 24.8 Å². The van der Waals surface area contributed by atoms with E-state index in [0.717, 1.165) is 17.4 Å². The summed E-state index contributed by atoms with van der Waals surface area (Å²) in [5.74, 6) is 1.44. The molecule has 2 fully saturated rings. The maximum absolute atomic E-state index is 12.6. The van der Waals surface area contributed by atoms with Crippen LogP contribution in [-0.2, 0) is 4.79 Å². The van der Waals surface area contributed by atoms with Gasteiger partial charge in [0.05, 0.1) is 12.1 Å². The fraction of sp³-hybridized carbons (Fsp3) is 0.588. The van der Waals surface area contributed by atoms with Crippen LogP contribution in [0.1, 0.15) is 44.2 Å². The SMILES string of the molecule is CCC(NC(=O)C1NCC2CCCC21)c1ccc(Br)cc1. The Labute approximate surface area is 135 Å². The molecule has 0 aromatic heterocycles. The van der Waals surface area contributed by atoms with Crippen LogP contribution >= 0.6 is 15.9 Å². The second-order valence-corrected chi connectivity index (χ2v) is 7.18. The summed E-state index contributed by atoms with van der Waals surface area (Å²) in [6.07, 6.45) is 4.68. The average Bonchev–Trinajstić information content (AvgIpc) is 3.08. The van der Waals surface area contributed by atoms with E-state index in [-0.39, 0.29) is 18.0 Å². The van der Waals surface area contributed by atoms with Crippen molar-refractivity contribution in [2.24, 2.45) is 11.8 Å². The number of nitrogens with one attached hydrogen (secondary N) is 2. The summed E-state index contributed by atoms with van der Waals surface area (Å²) in [6, 6.07) is 8.35. The molecular formula is C17H23BrN2O. The maximum atomic E-state index is 12.6. The monoisotopic (exact) mass is 350 g/mol. The van der Waals surface area contributed by atoms with Crippen LogP contribution < -0.4 is 10.6 Å². The van der Waals surface area contributed by atoms with Crippen molar-refractivity contribution in [3.8, 4) is 0 Å². The normalized spacial score (nSPS) is 29.1. The van der Waals surface area contributed by atoms with Gasteiger partial charge < -0.3 is 10.6 Å². The Morgan fingerprint density at radius 1 is 1.38 bits per heavy atom. The lowest BCUT2D eigenvalue weighted by Gasteiger charge is -2.23. The second kappa shape index (κ2) is 6.49. The molecule has 3 rings (SSSR count). The molecule has 4 unspecified atom stereocenters. The summed E-state index contributed by atoms with van der Waals surface area (Å²) in [7, 11) is 0. The highest BCUT2D eigenvalue weighted by Crippen LogP contribution is 2.38. The summed E-state index contributed by atoms with van der Waals surface area (Å²) in [5.41, 5.74) is 1.18. The van der Waals surface area contributed by atoms with Crippen molar-refractivity contribution in [1.82, 2.24) is 10.6 Å². The quantitative estimate of drug-likeness (QED) is 0.873. The Morgan fingerprint density at radius 3 is 2.86 bits per heavy atom. The van der Waals surface area contributed by atoms with E-state index >= 15 is 0 Å². The first-order valence-corrected chi connectivity index (χ1v) is 8.77. The van der Waals surface area contributed by atoms with Crippen LogP contribution in [0.4, 0.5) is 0 Å². The summed E-state index contributed by atoms with van der Waals surface area (Å²) in [6.45, 7) is 3.13. The first-order chi connectivity index (χ1) is 10.2. The van der Waals surface area contributed by atoms with E-state index in [1.54, 1.807) is 0 Å². The van der Waals surface area contributed by atoms with Crippen molar-refractivity contribution < 1.29 is 4.79 Å². The van der Waals surface area contributed by atoms with Gasteiger partial charge >= 0.3 is 0 Å². The third-order valence-corrected chi connectivity index (χ3v) is 5.55. The van der Waals surface area contributed by atoms with Crippen LogP contribution in [0.2, 0.25) is 0 Å². The van der Waals surface area contributed by atoms with E-state index in [2.05, 4.69) is 45.6 Å². The van der Waals surface area contributed by atoms with Crippen molar-refractivity contribution in [1.29, 1.82) is 0 Å². The molecule has 2 aliphatic rings. The van der Waals surface area contributed by atoms with Crippen LogP contribution in [0.15, 0.2) is 28.7 Å². The third kappa shape index (κ3) is 3.16. The second-order valence-electron chi connectivity index (χ2n) is 6.26. The van der Waals surface area contributed by atoms with Crippen LogP contribution in [-0.4, -0.2) is 18.5 Å². The van der Waals surface area contributed by atoms with Gasteiger partial charge in [-0.05, 0) is 55.3 Å². The number of benzene rings is 1. The topological polar surface area (TPSA) is 41.1 Å². The van der Waals surface area contributed by atoms with Gasteiger partial charge in [-0.1, -0.05) is 41.4 Å². The molecule has 4 heteroatoms. The fourth-order valence-corrected chi connectivity index (χ4v) is 4.12. The number of carbonyl (C=O) groups excluding carboxylic acids is 1. The highest BCUT2D eigenvalue weighted by molar-refractivity contribution is 9.10. The highest BCUT2D eigenvalue weighted by atomic mass is 79.9. The van der Waals surface area contributed by atoms with Crippen LogP contribution in [0.25, 0.3) is 0 Å². The minimum Gasteiger partial charge on any atom is -0.348 e. The third-order valence-electron chi connectivity index (χ3n) is 5.03. The predicted octanol–water partition coefficient (Wildman–Crippen LogP) is 3.40. The molecule has 1 aromatic rings. The van der Waals surface area contributed by atoms with Crippen molar-refractivity contribution in [2.75, 3.05) is 6.54 Å². The number of amides is 1. The molecule has 1 saturated heterocycles. The Bertz CT molecular complexity index is 502. The molecule has 114 valence electrons. The Hall–Kier alpha value is -0.870. The van der Waals surface area contributed by atoms with Gasteiger partial charge in [0.1, 0.15) is 0 Å². The molecule has 3 nitrogen and oxygen atoms in total. The molecule has 1 heterocycles. The fourth-order valence-electron chi connectivity index (χ4n) is 3.85. The van der Waals surface area contributed by atoms with Crippen molar-refractivity contribution in [3.05, 3.63) is 34.3 Å². The highest BCUT2D eigenvalue weighted by Gasteiger charge is 2.42. The van der Waals surface area contributed by atoms with Crippen LogP contribution in [0.3, 0.4) is 0 Å². The smallest absolute Gasteiger partial charge is 0.237 e. The molecule has 0 bridgehead atoms. The van der Waals surface area contributed by atoms with Gasteiger partial charge in [-0.3, -0.25) is 4.79 Å². The van der Waals surface area contributed by atoms with Crippen LogP contribution in [0, 0.1) is 11.8 Å². The van der Waals surface area contributed by atoms with Gasteiger partial charge in [-0.2, -0.15) is 0 Å². The lowest BCUT2D eigenvalue weighted by atomic mass is 9.93. The van der Waals surface area contributed by atoms with Crippen molar-refractivity contribution in [3.63, 3.8) is 0 Å². The number of carbonyl (C=O) groups is 1. The van der Waals surface area contributed by atoms with Gasteiger partial charge in [-0.25, -0.2) is 0 Å². The average molecular weight is 351 g/mol. The molecule has 2 N–H and O–H groups in total. The van der Waals surface area contributed by atoms with E-state index in [4.69, 9.17) is 0 Å². The summed E-state index contributed by atoms with van der Waals surface area (Å²) in [4.78, 5) is 12.6. The van der Waals surface area contributed by atoms with E-state index < -0.39 is 0 Å². The summed E-state index contributed by atoms with van der Waals surface area (Å²) < 4.78 is 1.07. The number of fused-ring (bicyclic) bond motifs is 1. The van der Waals surface area contributed by atoms with Gasteiger partial charge in [0, 0.05) is 4.47 Å². The van der Waals surface area contributed by atoms with Gasteiger partial charge in [0.25, 0.3) is 0 Å². The van der Waals surface area contributed by atoms with Crippen molar-refractivity contribution in [2.45, 2.75) is 44.7 Å². The standard InChI is InChI=1S/C17H23BrN2O/c1-2-15(11-6-8-13(18)9-7-11)20-17(21)16-14-5-3-4-12(14)10-19-16/h6-9,12,14-16,19H,2-5,10H2,1H3,(H,20,21). The summed E-state index contributed by atoms with van der Waals surface area (Å²) in [5, 5.41) is 6.67. The Morgan fingerprint density at radius 2 is 2.14 bits per heavy atom. The zero-order chi connectivity index (χ0) is 14.8. The molecule has 0 spiro atoms. The molecule has 1 amide bonds. The lowest BCUT2D eigenvalue weighted by Crippen LogP contribution is -2.45. The van der Waals surface area contributed by atoms with Gasteiger partial charge in [0.15, 0.2) is 0 Å². The zero-order valence-electron chi connectivity index (χ0n) is 12.4. The van der Waals surface area contributed by atoms with E-state index in [1.807, 2.05) is 12.1 Å². The summed E-state index contributed by atoms with van der Waals surface area (Å²) >= 11 is 3.45. The Balaban J connectivity index is 1.66.